The zero-order valence-electron chi connectivity index (χ0n) is 20.7. The molecule has 0 amide bonds. The largest absolute Gasteiger partial charge is 0.455 e. The van der Waals surface area contributed by atoms with Gasteiger partial charge in [-0.3, -0.25) is 14.7 Å². The Kier molecular flexibility index (Phi) is 6.09. The van der Waals surface area contributed by atoms with Gasteiger partial charge in [0.2, 0.25) is 0 Å². The second kappa shape index (κ2) is 9.39. The first kappa shape index (κ1) is 22.7. The molecule has 4 aliphatic rings. The molecule has 4 fully saturated rings. The molecule has 2 aromatic carbocycles. The molecule has 3 aromatic rings. The van der Waals surface area contributed by atoms with Crippen molar-refractivity contribution in [2.75, 3.05) is 13.1 Å². The van der Waals surface area contributed by atoms with E-state index in [1.54, 1.807) is 0 Å². The Balaban J connectivity index is 1.40. The number of ether oxygens (including phenoxy) is 1. The SMILES string of the molecule is CC[C@H]1CN2CC[C@H]1C[C@@H]2[C@@H](OC(=O)C1(c2ccccc2)CCCC1)c1ccnc2ccccc12. The van der Waals surface area contributed by atoms with E-state index in [1.165, 1.54) is 12.8 Å². The number of nitrogens with zero attached hydrogens (tertiary/aromatic N) is 2. The highest BCUT2D eigenvalue weighted by molar-refractivity contribution is 5.86. The molecule has 2 bridgehead atoms. The summed E-state index contributed by atoms with van der Waals surface area (Å²) in [7, 11) is 0. The monoisotopic (exact) mass is 468 g/mol. The van der Waals surface area contributed by atoms with Crippen molar-refractivity contribution in [3.63, 3.8) is 0 Å². The quantitative estimate of drug-likeness (QED) is 0.390. The van der Waals surface area contributed by atoms with Gasteiger partial charge in [-0.2, -0.15) is 0 Å². The van der Waals surface area contributed by atoms with Gasteiger partial charge in [0, 0.05) is 23.7 Å². The molecule has 5 atom stereocenters. The zero-order chi connectivity index (χ0) is 23.8. The van der Waals surface area contributed by atoms with Crippen LogP contribution in [0.2, 0.25) is 0 Å². The van der Waals surface area contributed by atoms with Gasteiger partial charge in [-0.25, -0.2) is 0 Å². The topological polar surface area (TPSA) is 42.4 Å². The Morgan fingerprint density at radius 2 is 1.86 bits per heavy atom. The highest BCUT2D eigenvalue weighted by Crippen LogP contribution is 2.47. The van der Waals surface area contributed by atoms with E-state index in [4.69, 9.17) is 4.74 Å². The van der Waals surface area contributed by atoms with Crippen LogP contribution in [0, 0.1) is 11.8 Å². The summed E-state index contributed by atoms with van der Waals surface area (Å²) in [5, 5.41) is 1.10. The number of hydrogen-bond acceptors (Lipinski definition) is 4. The lowest BCUT2D eigenvalue weighted by molar-refractivity contribution is -0.165. The Bertz CT molecular complexity index is 1180. The number of aromatic nitrogens is 1. The minimum absolute atomic E-state index is 0.0400. The summed E-state index contributed by atoms with van der Waals surface area (Å²) < 4.78 is 6.74. The fraction of sp³-hybridized carbons (Fsp3) is 0.484. The van der Waals surface area contributed by atoms with Crippen molar-refractivity contribution in [3.8, 4) is 0 Å². The van der Waals surface area contributed by atoms with Crippen molar-refractivity contribution >= 4 is 16.9 Å². The number of esters is 1. The molecule has 1 saturated carbocycles. The number of piperidine rings is 3. The van der Waals surface area contributed by atoms with Crippen LogP contribution in [0.1, 0.15) is 69.1 Å². The van der Waals surface area contributed by atoms with E-state index >= 15 is 0 Å². The van der Waals surface area contributed by atoms with Crippen molar-refractivity contribution in [2.45, 2.75) is 69.4 Å². The first-order chi connectivity index (χ1) is 17.2. The van der Waals surface area contributed by atoms with Crippen molar-refractivity contribution in [2.24, 2.45) is 11.8 Å². The summed E-state index contributed by atoms with van der Waals surface area (Å²) in [5.74, 6) is 1.44. The fourth-order valence-corrected chi connectivity index (χ4v) is 7.25. The Morgan fingerprint density at radius 1 is 1.09 bits per heavy atom. The molecule has 4 nitrogen and oxygen atoms in total. The average Bonchev–Trinajstić information content (AvgIpc) is 3.43. The predicted octanol–water partition coefficient (Wildman–Crippen LogP) is 6.45. The van der Waals surface area contributed by atoms with E-state index in [-0.39, 0.29) is 18.1 Å². The van der Waals surface area contributed by atoms with Gasteiger partial charge in [-0.15, -0.1) is 0 Å². The highest BCUT2D eigenvalue weighted by Gasteiger charge is 2.48. The maximum absolute atomic E-state index is 14.2. The second-order valence-electron chi connectivity index (χ2n) is 10.9. The number of fused-ring (bicyclic) bond motifs is 4. The molecule has 1 aliphatic carbocycles. The lowest BCUT2D eigenvalue weighted by Crippen LogP contribution is -2.56. The Hall–Kier alpha value is -2.72. The summed E-state index contributed by atoms with van der Waals surface area (Å²) in [6.07, 6.45) is 9.08. The molecule has 4 heterocycles. The predicted molar refractivity (Wildman–Crippen MR) is 139 cm³/mol. The highest BCUT2D eigenvalue weighted by atomic mass is 16.5. The molecule has 4 heteroatoms. The van der Waals surface area contributed by atoms with E-state index in [9.17, 15) is 4.79 Å². The van der Waals surface area contributed by atoms with Gasteiger partial charge in [-0.05, 0) is 61.8 Å². The summed E-state index contributed by atoms with van der Waals surface area (Å²) in [4.78, 5) is 21.4. The summed E-state index contributed by atoms with van der Waals surface area (Å²) in [5.41, 5.74) is 2.65. The molecular formula is C31H36N2O2. The zero-order valence-corrected chi connectivity index (χ0v) is 20.7. The molecule has 0 N–H and O–H groups in total. The van der Waals surface area contributed by atoms with Gasteiger partial charge in [0.05, 0.1) is 17.0 Å². The van der Waals surface area contributed by atoms with E-state index in [0.29, 0.717) is 0 Å². The summed E-state index contributed by atoms with van der Waals surface area (Å²) in [6.45, 7) is 4.54. The fourth-order valence-electron chi connectivity index (χ4n) is 7.25. The second-order valence-corrected chi connectivity index (χ2v) is 10.9. The van der Waals surface area contributed by atoms with Crippen LogP contribution in [0.4, 0.5) is 0 Å². The van der Waals surface area contributed by atoms with E-state index in [1.807, 2.05) is 30.5 Å². The average molecular weight is 469 g/mol. The Labute approximate surface area is 208 Å². The lowest BCUT2D eigenvalue weighted by atomic mass is 9.72. The van der Waals surface area contributed by atoms with Crippen LogP contribution in [0.25, 0.3) is 10.9 Å². The molecule has 35 heavy (non-hydrogen) atoms. The van der Waals surface area contributed by atoms with Crippen LogP contribution in [0.3, 0.4) is 0 Å². The molecule has 1 aromatic heterocycles. The van der Waals surface area contributed by atoms with Gasteiger partial charge < -0.3 is 4.74 Å². The molecule has 3 aliphatic heterocycles. The first-order valence-electron chi connectivity index (χ1n) is 13.5. The van der Waals surface area contributed by atoms with E-state index < -0.39 is 5.41 Å². The third-order valence-corrected chi connectivity index (χ3v) is 9.21. The number of pyridine rings is 1. The van der Waals surface area contributed by atoms with Crippen LogP contribution >= 0.6 is 0 Å². The molecule has 182 valence electrons. The van der Waals surface area contributed by atoms with Crippen LogP contribution in [0.15, 0.2) is 66.9 Å². The smallest absolute Gasteiger partial charge is 0.317 e. The third kappa shape index (κ3) is 3.96. The van der Waals surface area contributed by atoms with Gasteiger partial charge in [0.25, 0.3) is 0 Å². The molecule has 3 saturated heterocycles. The van der Waals surface area contributed by atoms with Crippen LogP contribution in [-0.4, -0.2) is 35.0 Å². The lowest BCUT2D eigenvalue weighted by Gasteiger charge is -2.52. The van der Waals surface area contributed by atoms with Crippen molar-refractivity contribution < 1.29 is 9.53 Å². The Morgan fingerprint density at radius 3 is 2.60 bits per heavy atom. The van der Waals surface area contributed by atoms with E-state index in [0.717, 1.165) is 79.1 Å². The molecular weight excluding hydrogens is 432 g/mol. The molecule has 7 rings (SSSR count). The molecule has 0 spiro atoms. The van der Waals surface area contributed by atoms with Crippen LogP contribution < -0.4 is 0 Å². The van der Waals surface area contributed by atoms with Crippen molar-refractivity contribution in [1.82, 2.24) is 9.88 Å². The van der Waals surface area contributed by atoms with Crippen LogP contribution in [-0.2, 0) is 14.9 Å². The number of rotatable bonds is 6. The first-order valence-corrected chi connectivity index (χ1v) is 13.5. The third-order valence-electron chi connectivity index (χ3n) is 9.21. The normalized spacial score (nSPS) is 28.1. The van der Waals surface area contributed by atoms with Gasteiger partial charge >= 0.3 is 5.97 Å². The summed E-state index contributed by atoms with van der Waals surface area (Å²) >= 11 is 0. The van der Waals surface area contributed by atoms with Crippen LogP contribution in [0.5, 0.6) is 0 Å². The summed E-state index contributed by atoms with van der Waals surface area (Å²) in [6, 6.07) is 20.9. The maximum atomic E-state index is 14.2. The van der Waals surface area contributed by atoms with Gasteiger partial charge in [0.1, 0.15) is 6.10 Å². The standard InChI is InChI=1S/C31H36N2O2/c1-2-22-21-33-19-15-23(22)20-28(33)29(26-14-18-32-27-13-7-6-12-25(26)27)35-30(34)31(16-8-9-17-31)24-10-4-3-5-11-24/h3-7,10-14,18,22-23,28-29H,2,8-9,15-17,19-21H2,1H3/t22-,23-,28+,29-/m0/s1. The van der Waals surface area contributed by atoms with Gasteiger partial charge in [-0.1, -0.05) is 74.7 Å². The number of carbonyl (C=O) groups excluding carboxylic acids is 1. The molecule has 1 unspecified atom stereocenters. The van der Waals surface area contributed by atoms with Gasteiger partial charge in [0.15, 0.2) is 0 Å². The van der Waals surface area contributed by atoms with Crippen molar-refractivity contribution in [1.29, 1.82) is 0 Å². The van der Waals surface area contributed by atoms with Crippen molar-refractivity contribution in [3.05, 3.63) is 78.0 Å². The maximum Gasteiger partial charge on any atom is 0.317 e. The van der Waals surface area contributed by atoms with E-state index in [2.05, 4.69) is 53.2 Å². The number of para-hydroxylation sites is 1. The minimum Gasteiger partial charge on any atom is -0.455 e. The number of carbonyl (C=O) groups is 1. The molecule has 0 radical (unpaired) electrons. The number of benzene rings is 2. The minimum atomic E-state index is -0.530. The number of hydrogen-bond donors (Lipinski definition) is 0.